The molecule has 1 aliphatic heterocycles. The van der Waals surface area contributed by atoms with E-state index in [2.05, 4.69) is 21.9 Å². The summed E-state index contributed by atoms with van der Waals surface area (Å²) in [6.45, 7) is 1.75. The summed E-state index contributed by atoms with van der Waals surface area (Å²) in [5.41, 5.74) is 3.75. The normalized spacial score (nSPS) is 25.8. The van der Waals surface area contributed by atoms with Gasteiger partial charge in [-0.1, -0.05) is 29.4 Å². The molecule has 0 saturated carbocycles. The molecule has 2 aliphatic carbocycles. The first-order valence-corrected chi connectivity index (χ1v) is 9.97. The molecule has 1 amide bonds. The number of aliphatic hydroxyl groups is 1. The van der Waals surface area contributed by atoms with E-state index in [4.69, 9.17) is 4.52 Å². The van der Waals surface area contributed by atoms with E-state index in [-0.39, 0.29) is 11.3 Å². The van der Waals surface area contributed by atoms with Gasteiger partial charge in [-0.2, -0.15) is 0 Å². The highest BCUT2D eigenvalue weighted by atomic mass is 16.5. The third-order valence-corrected chi connectivity index (χ3v) is 6.66. The molecular weight excluding hydrogens is 342 g/mol. The fourth-order valence-corrected chi connectivity index (χ4v) is 5.24. The summed E-state index contributed by atoms with van der Waals surface area (Å²) in [4.78, 5) is 13.0. The average Bonchev–Trinajstić information content (AvgIpc) is 3.24. The Balaban J connectivity index is 1.47. The largest absolute Gasteiger partial charge is 0.390 e. The number of nitrogens with zero attached hydrogens (tertiary/aromatic N) is 1. The van der Waals surface area contributed by atoms with E-state index in [1.165, 1.54) is 5.56 Å². The Morgan fingerprint density at radius 2 is 2.00 bits per heavy atom. The van der Waals surface area contributed by atoms with Gasteiger partial charge in [0.15, 0.2) is 0 Å². The van der Waals surface area contributed by atoms with Crippen LogP contribution in [0.3, 0.4) is 0 Å². The van der Waals surface area contributed by atoms with E-state index >= 15 is 0 Å². The van der Waals surface area contributed by atoms with Gasteiger partial charge in [0.25, 0.3) is 5.91 Å². The van der Waals surface area contributed by atoms with Gasteiger partial charge in [-0.15, -0.1) is 0 Å². The van der Waals surface area contributed by atoms with Crippen molar-refractivity contribution in [1.29, 1.82) is 0 Å². The van der Waals surface area contributed by atoms with Gasteiger partial charge in [-0.3, -0.25) is 4.79 Å². The van der Waals surface area contributed by atoms with Gasteiger partial charge in [-0.05, 0) is 62.7 Å². The minimum atomic E-state index is -0.639. The third-order valence-electron chi connectivity index (χ3n) is 6.66. The summed E-state index contributed by atoms with van der Waals surface area (Å²) in [6, 6.07) is 7.70. The van der Waals surface area contributed by atoms with E-state index in [0.717, 1.165) is 68.4 Å². The molecule has 142 valence electrons. The molecule has 2 heterocycles. The van der Waals surface area contributed by atoms with Crippen molar-refractivity contribution < 1.29 is 14.4 Å². The molecule has 27 heavy (non-hydrogen) atoms. The Hall–Kier alpha value is -2.18. The molecule has 0 unspecified atom stereocenters. The molecule has 2 atom stereocenters. The Bertz CT molecular complexity index is 869. The van der Waals surface area contributed by atoms with Crippen LogP contribution in [0.25, 0.3) is 0 Å². The number of carbonyl (C=O) groups excluding carboxylic acids is 1. The first-order chi connectivity index (χ1) is 13.2. The Morgan fingerprint density at radius 3 is 2.85 bits per heavy atom. The number of aliphatic hydroxyl groups excluding tert-OH is 1. The molecular formula is C21H25N3O3. The number of amides is 1. The zero-order chi connectivity index (χ0) is 18.4. The van der Waals surface area contributed by atoms with Crippen molar-refractivity contribution in [2.45, 2.75) is 56.1 Å². The molecule has 1 aromatic heterocycles. The number of aromatic nitrogens is 1. The predicted molar refractivity (Wildman–Crippen MR) is 99.6 cm³/mol. The zero-order valence-corrected chi connectivity index (χ0v) is 15.3. The maximum atomic E-state index is 13.0. The van der Waals surface area contributed by atoms with Crippen molar-refractivity contribution in [1.82, 2.24) is 15.8 Å². The number of carbonyl (C=O) groups is 1. The van der Waals surface area contributed by atoms with Gasteiger partial charge in [-0.25, -0.2) is 0 Å². The number of fused-ring (bicyclic) bond motifs is 3. The lowest BCUT2D eigenvalue weighted by atomic mass is 9.72. The predicted octanol–water partition coefficient (Wildman–Crippen LogP) is 2.02. The van der Waals surface area contributed by atoms with Gasteiger partial charge < -0.3 is 20.3 Å². The fourth-order valence-electron chi connectivity index (χ4n) is 5.24. The number of aryl methyl sites for hydroxylation is 1. The Morgan fingerprint density at radius 1 is 1.22 bits per heavy atom. The zero-order valence-electron chi connectivity index (χ0n) is 15.3. The molecule has 3 N–H and O–H groups in total. The molecule has 1 spiro atoms. The van der Waals surface area contributed by atoms with Crippen molar-refractivity contribution in [3.05, 3.63) is 52.4 Å². The highest BCUT2D eigenvalue weighted by molar-refractivity contribution is 5.93. The summed E-state index contributed by atoms with van der Waals surface area (Å²) in [5, 5.41) is 21.8. The van der Waals surface area contributed by atoms with E-state index in [0.29, 0.717) is 5.76 Å². The Labute approximate surface area is 158 Å². The number of piperidine rings is 1. The van der Waals surface area contributed by atoms with Crippen LogP contribution in [-0.2, 0) is 18.3 Å². The van der Waals surface area contributed by atoms with Crippen LogP contribution in [0.4, 0.5) is 0 Å². The van der Waals surface area contributed by atoms with E-state index in [1.807, 2.05) is 18.2 Å². The number of benzene rings is 1. The standard InChI is InChI=1S/C21H25N3O3/c25-19-17(23-20(26)18-14-6-2-4-8-16(14)24-27-18)13-5-1-3-7-15(13)21(19)9-11-22-12-10-21/h1,3,5,7,17,19,22,25H,2,4,6,8-12H2,(H,23,26)/t17-,19+/m1/s1. The lowest BCUT2D eigenvalue weighted by Crippen LogP contribution is -2.48. The molecule has 1 saturated heterocycles. The highest BCUT2D eigenvalue weighted by Gasteiger charge is 2.52. The van der Waals surface area contributed by atoms with Crippen molar-refractivity contribution in [2.75, 3.05) is 13.1 Å². The summed E-state index contributed by atoms with van der Waals surface area (Å²) in [5.74, 6) is 0.0520. The van der Waals surface area contributed by atoms with Crippen LogP contribution in [-0.4, -0.2) is 35.4 Å². The van der Waals surface area contributed by atoms with Gasteiger partial charge in [0, 0.05) is 11.0 Å². The first-order valence-electron chi connectivity index (χ1n) is 9.97. The highest BCUT2D eigenvalue weighted by Crippen LogP contribution is 2.50. The van der Waals surface area contributed by atoms with Crippen molar-refractivity contribution in [2.24, 2.45) is 0 Å². The fraction of sp³-hybridized carbons (Fsp3) is 0.524. The second-order valence-electron chi connectivity index (χ2n) is 8.03. The van der Waals surface area contributed by atoms with E-state index < -0.39 is 12.1 Å². The number of hydrogen-bond donors (Lipinski definition) is 3. The van der Waals surface area contributed by atoms with Crippen molar-refractivity contribution in [3.8, 4) is 0 Å². The molecule has 0 bridgehead atoms. The van der Waals surface area contributed by atoms with Crippen LogP contribution in [0.1, 0.15) is 64.7 Å². The molecule has 2 aromatic rings. The van der Waals surface area contributed by atoms with Crippen LogP contribution < -0.4 is 10.6 Å². The van der Waals surface area contributed by atoms with Crippen LogP contribution in [0.2, 0.25) is 0 Å². The number of rotatable bonds is 2. The van der Waals surface area contributed by atoms with Crippen LogP contribution in [0, 0.1) is 0 Å². The number of hydrogen-bond acceptors (Lipinski definition) is 5. The topological polar surface area (TPSA) is 87.4 Å². The maximum absolute atomic E-state index is 13.0. The van der Waals surface area contributed by atoms with Crippen LogP contribution >= 0.6 is 0 Å². The molecule has 5 rings (SSSR count). The molecule has 3 aliphatic rings. The lowest BCUT2D eigenvalue weighted by molar-refractivity contribution is 0.0409. The summed E-state index contributed by atoms with van der Waals surface area (Å²) >= 11 is 0. The molecule has 0 radical (unpaired) electrons. The van der Waals surface area contributed by atoms with Crippen LogP contribution in [0.5, 0.6) is 0 Å². The van der Waals surface area contributed by atoms with E-state index in [9.17, 15) is 9.90 Å². The monoisotopic (exact) mass is 367 g/mol. The minimum absolute atomic E-state index is 0.268. The first kappa shape index (κ1) is 17.0. The molecule has 1 fully saturated rings. The molecule has 6 nitrogen and oxygen atoms in total. The summed E-state index contributed by atoms with van der Waals surface area (Å²) in [6.07, 6.45) is 4.95. The quantitative estimate of drug-likeness (QED) is 0.756. The number of nitrogens with one attached hydrogen (secondary N) is 2. The Kier molecular flexibility index (Phi) is 4.06. The smallest absolute Gasteiger partial charge is 0.290 e. The summed E-state index contributed by atoms with van der Waals surface area (Å²) in [7, 11) is 0. The van der Waals surface area contributed by atoms with Gasteiger partial charge in [0.1, 0.15) is 0 Å². The molecule has 6 heteroatoms. The molecule has 1 aromatic carbocycles. The third kappa shape index (κ3) is 2.54. The van der Waals surface area contributed by atoms with Gasteiger partial charge in [0.2, 0.25) is 5.76 Å². The maximum Gasteiger partial charge on any atom is 0.290 e. The summed E-state index contributed by atoms with van der Waals surface area (Å²) < 4.78 is 5.40. The van der Waals surface area contributed by atoms with Crippen LogP contribution in [0.15, 0.2) is 28.8 Å². The van der Waals surface area contributed by atoms with Crippen molar-refractivity contribution in [3.63, 3.8) is 0 Å². The average molecular weight is 367 g/mol. The second-order valence-corrected chi connectivity index (χ2v) is 8.03. The lowest BCUT2D eigenvalue weighted by Gasteiger charge is -2.38. The SMILES string of the molecule is O=C(N[C@@H]1c2ccccc2C2(CCNCC2)[C@H]1O)c1onc2c1CCCC2. The second kappa shape index (κ2) is 6.46. The van der Waals surface area contributed by atoms with Gasteiger partial charge in [0.05, 0.1) is 17.8 Å². The van der Waals surface area contributed by atoms with E-state index in [1.54, 1.807) is 0 Å². The van der Waals surface area contributed by atoms with Crippen molar-refractivity contribution >= 4 is 5.91 Å². The van der Waals surface area contributed by atoms with Gasteiger partial charge >= 0.3 is 0 Å². The minimum Gasteiger partial charge on any atom is -0.390 e.